The third-order valence-electron chi connectivity index (χ3n) is 3.33. The van der Waals surface area contributed by atoms with Crippen LogP contribution in [-0.2, 0) is 7.05 Å². The standard InChI is InChI=1S/C12H16N4O/c1-16-11(7-2-3-7)15-10-4-8(9(13)6-17)5-14-12(10)16/h4-5,7,9,17H,2-3,6,13H2,1H3. The Labute approximate surface area is 99.3 Å². The number of hydrogen-bond acceptors (Lipinski definition) is 4. The van der Waals surface area contributed by atoms with E-state index in [4.69, 9.17) is 10.8 Å². The van der Waals surface area contributed by atoms with E-state index in [1.807, 2.05) is 13.1 Å². The van der Waals surface area contributed by atoms with Crippen LogP contribution in [0.2, 0.25) is 0 Å². The number of fused-ring (bicyclic) bond motifs is 1. The maximum Gasteiger partial charge on any atom is 0.159 e. The highest BCUT2D eigenvalue weighted by Gasteiger charge is 2.29. The molecule has 5 heteroatoms. The molecular weight excluding hydrogens is 216 g/mol. The van der Waals surface area contributed by atoms with E-state index in [0.717, 1.165) is 22.6 Å². The Kier molecular flexibility index (Phi) is 2.38. The predicted molar refractivity (Wildman–Crippen MR) is 64.5 cm³/mol. The van der Waals surface area contributed by atoms with Crippen molar-refractivity contribution in [1.29, 1.82) is 0 Å². The molecular formula is C12H16N4O. The summed E-state index contributed by atoms with van der Waals surface area (Å²) in [6, 6.07) is 1.55. The van der Waals surface area contributed by atoms with Crippen LogP contribution in [0, 0.1) is 0 Å². The number of aliphatic hydroxyl groups excluding tert-OH is 1. The molecule has 0 amide bonds. The molecule has 0 radical (unpaired) electrons. The molecule has 17 heavy (non-hydrogen) atoms. The van der Waals surface area contributed by atoms with Crippen LogP contribution in [0.5, 0.6) is 0 Å². The third kappa shape index (κ3) is 1.71. The Bertz CT molecular complexity index is 559. The summed E-state index contributed by atoms with van der Waals surface area (Å²) in [5.41, 5.74) is 8.37. The van der Waals surface area contributed by atoms with Gasteiger partial charge in [0, 0.05) is 19.2 Å². The molecule has 1 aliphatic carbocycles. The van der Waals surface area contributed by atoms with E-state index in [1.54, 1.807) is 6.20 Å². The molecule has 2 aromatic heterocycles. The predicted octanol–water partition coefficient (Wildman–Crippen LogP) is 0.838. The maximum absolute atomic E-state index is 9.04. The van der Waals surface area contributed by atoms with Gasteiger partial charge in [0.1, 0.15) is 11.3 Å². The number of rotatable bonds is 3. The lowest BCUT2D eigenvalue weighted by atomic mass is 10.1. The van der Waals surface area contributed by atoms with Gasteiger partial charge >= 0.3 is 0 Å². The quantitative estimate of drug-likeness (QED) is 0.822. The Hall–Kier alpha value is -1.46. The lowest BCUT2D eigenvalue weighted by Gasteiger charge is -2.07. The van der Waals surface area contributed by atoms with Crippen LogP contribution in [0.4, 0.5) is 0 Å². The zero-order chi connectivity index (χ0) is 12.0. The van der Waals surface area contributed by atoms with Crippen molar-refractivity contribution in [2.45, 2.75) is 24.8 Å². The van der Waals surface area contributed by atoms with Gasteiger partial charge in [0.05, 0.1) is 12.6 Å². The fourth-order valence-electron chi connectivity index (χ4n) is 2.12. The summed E-state index contributed by atoms with van der Waals surface area (Å²) in [5, 5.41) is 9.04. The van der Waals surface area contributed by atoms with Crippen molar-refractivity contribution in [2.75, 3.05) is 6.61 Å². The smallest absolute Gasteiger partial charge is 0.159 e. The molecule has 0 bridgehead atoms. The maximum atomic E-state index is 9.04. The Morgan fingerprint density at radius 1 is 1.59 bits per heavy atom. The number of aromatic nitrogens is 3. The minimum absolute atomic E-state index is 0.0739. The van der Waals surface area contributed by atoms with E-state index in [2.05, 4.69) is 14.5 Å². The van der Waals surface area contributed by atoms with Gasteiger partial charge in [0.25, 0.3) is 0 Å². The van der Waals surface area contributed by atoms with Gasteiger partial charge in [0.2, 0.25) is 0 Å². The van der Waals surface area contributed by atoms with Crippen LogP contribution in [0.15, 0.2) is 12.3 Å². The lowest BCUT2D eigenvalue weighted by Crippen LogP contribution is -2.14. The Morgan fingerprint density at radius 3 is 3.00 bits per heavy atom. The molecule has 2 heterocycles. The number of hydrogen-bond donors (Lipinski definition) is 2. The minimum atomic E-state index is -0.377. The summed E-state index contributed by atoms with van der Waals surface area (Å²) in [7, 11) is 2.00. The van der Waals surface area contributed by atoms with E-state index in [9.17, 15) is 0 Å². The van der Waals surface area contributed by atoms with Gasteiger partial charge < -0.3 is 15.4 Å². The number of aliphatic hydroxyl groups is 1. The van der Waals surface area contributed by atoms with Crippen molar-refractivity contribution >= 4 is 11.2 Å². The molecule has 1 fully saturated rings. The molecule has 0 spiro atoms. The lowest BCUT2D eigenvalue weighted by molar-refractivity contribution is 0.268. The third-order valence-corrected chi connectivity index (χ3v) is 3.33. The van der Waals surface area contributed by atoms with Crippen LogP contribution in [0.1, 0.15) is 36.2 Å². The first-order valence-corrected chi connectivity index (χ1v) is 5.89. The van der Waals surface area contributed by atoms with Crippen molar-refractivity contribution in [2.24, 2.45) is 12.8 Å². The van der Waals surface area contributed by atoms with E-state index < -0.39 is 0 Å². The molecule has 3 rings (SSSR count). The van der Waals surface area contributed by atoms with E-state index >= 15 is 0 Å². The number of aryl methyl sites for hydroxylation is 1. The van der Waals surface area contributed by atoms with E-state index in [-0.39, 0.29) is 12.6 Å². The van der Waals surface area contributed by atoms with Gasteiger partial charge in [-0.15, -0.1) is 0 Å². The first kappa shape index (κ1) is 10.7. The first-order valence-electron chi connectivity index (χ1n) is 5.89. The van der Waals surface area contributed by atoms with Gasteiger partial charge in [-0.2, -0.15) is 0 Å². The molecule has 5 nitrogen and oxygen atoms in total. The highest BCUT2D eigenvalue weighted by molar-refractivity contribution is 5.72. The minimum Gasteiger partial charge on any atom is -0.394 e. The largest absolute Gasteiger partial charge is 0.394 e. The number of imidazole rings is 1. The Balaban J connectivity index is 2.10. The highest BCUT2D eigenvalue weighted by atomic mass is 16.3. The van der Waals surface area contributed by atoms with Crippen LogP contribution in [-0.4, -0.2) is 26.2 Å². The molecule has 2 aromatic rings. The summed E-state index contributed by atoms with van der Waals surface area (Å²) in [4.78, 5) is 9.00. The van der Waals surface area contributed by atoms with Gasteiger partial charge in [0.15, 0.2) is 5.65 Å². The molecule has 1 atom stereocenters. The zero-order valence-electron chi connectivity index (χ0n) is 9.80. The molecule has 90 valence electrons. The van der Waals surface area contributed by atoms with Crippen LogP contribution < -0.4 is 5.73 Å². The van der Waals surface area contributed by atoms with Crippen molar-refractivity contribution < 1.29 is 5.11 Å². The first-order chi connectivity index (χ1) is 8.20. The van der Waals surface area contributed by atoms with Gasteiger partial charge in [-0.25, -0.2) is 9.97 Å². The summed E-state index contributed by atoms with van der Waals surface area (Å²) in [6.07, 6.45) is 4.17. The fraction of sp³-hybridized carbons (Fsp3) is 0.500. The second-order valence-corrected chi connectivity index (χ2v) is 4.70. The monoisotopic (exact) mass is 232 g/mol. The van der Waals surface area contributed by atoms with Crippen molar-refractivity contribution in [3.05, 3.63) is 23.7 Å². The second-order valence-electron chi connectivity index (χ2n) is 4.70. The molecule has 0 aliphatic heterocycles. The highest BCUT2D eigenvalue weighted by Crippen LogP contribution is 2.40. The van der Waals surface area contributed by atoms with Crippen LogP contribution in [0.3, 0.4) is 0 Å². The number of pyridine rings is 1. The Morgan fingerprint density at radius 2 is 2.35 bits per heavy atom. The molecule has 0 saturated heterocycles. The van der Waals surface area contributed by atoms with E-state index in [0.29, 0.717) is 5.92 Å². The van der Waals surface area contributed by atoms with Crippen LogP contribution >= 0.6 is 0 Å². The zero-order valence-corrected chi connectivity index (χ0v) is 9.80. The summed E-state index contributed by atoms with van der Waals surface area (Å²) < 4.78 is 2.06. The number of nitrogens with zero attached hydrogens (tertiary/aromatic N) is 3. The van der Waals surface area contributed by atoms with Crippen molar-refractivity contribution in [3.63, 3.8) is 0 Å². The molecule has 0 aromatic carbocycles. The van der Waals surface area contributed by atoms with Gasteiger partial charge in [-0.1, -0.05) is 0 Å². The molecule has 1 saturated carbocycles. The molecule has 1 aliphatic rings. The summed E-state index contributed by atoms with van der Waals surface area (Å²) in [6.45, 7) is -0.0739. The van der Waals surface area contributed by atoms with Gasteiger partial charge in [-0.05, 0) is 24.5 Å². The average Bonchev–Trinajstić information content (AvgIpc) is 3.14. The van der Waals surface area contributed by atoms with Crippen molar-refractivity contribution in [3.8, 4) is 0 Å². The average molecular weight is 232 g/mol. The van der Waals surface area contributed by atoms with Gasteiger partial charge in [-0.3, -0.25) is 0 Å². The van der Waals surface area contributed by atoms with Crippen LogP contribution in [0.25, 0.3) is 11.2 Å². The number of nitrogens with two attached hydrogens (primary N) is 1. The SMILES string of the molecule is Cn1c(C2CC2)nc2cc(C(N)CO)cnc21. The summed E-state index contributed by atoms with van der Waals surface area (Å²) >= 11 is 0. The summed E-state index contributed by atoms with van der Waals surface area (Å²) in [5.74, 6) is 1.71. The van der Waals surface area contributed by atoms with E-state index in [1.165, 1.54) is 12.8 Å². The fourth-order valence-corrected chi connectivity index (χ4v) is 2.12. The molecule has 1 unspecified atom stereocenters. The topological polar surface area (TPSA) is 77.0 Å². The second kappa shape index (κ2) is 3.78. The normalized spacial score (nSPS) is 17.6. The molecule has 3 N–H and O–H groups in total. The van der Waals surface area contributed by atoms with Crippen molar-refractivity contribution in [1.82, 2.24) is 14.5 Å².